The van der Waals surface area contributed by atoms with Crippen molar-refractivity contribution in [3.63, 3.8) is 0 Å². The molecule has 3 N–H and O–H groups in total. The fourth-order valence-electron chi connectivity index (χ4n) is 2.91. The van der Waals surface area contributed by atoms with Crippen molar-refractivity contribution in [2.24, 2.45) is 0 Å². The fourth-order valence-corrected chi connectivity index (χ4v) is 2.91. The van der Waals surface area contributed by atoms with Crippen molar-refractivity contribution in [2.45, 2.75) is 6.04 Å². The molecule has 3 aromatic rings. The number of hydrogen-bond donors (Lipinski definition) is 3. The Labute approximate surface area is 175 Å². The number of aliphatic hydroxyl groups excluding tert-OH is 1. The number of nitrogens with one attached hydrogen (secondary N) is 2. The lowest BCUT2D eigenvalue weighted by Crippen LogP contribution is -2.46. The SMILES string of the molecule is O=C1N[C@@H](CO)C(=O)Nc2cccc(n2)C(=O)c2cccc(n2)C(=O)c2cccc1n2. The van der Waals surface area contributed by atoms with E-state index in [1.807, 2.05) is 0 Å². The minimum Gasteiger partial charge on any atom is -0.394 e. The molecule has 4 rings (SSSR count). The second-order valence-corrected chi connectivity index (χ2v) is 6.58. The molecular formula is C21H15N5O5. The van der Waals surface area contributed by atoms with Gasteiger partial charge in [0, 0.05) is 0 Å². The van der Waals surface area contributed by atoms with Gasteiger partial charge in [-0.1, -0.05) is 18.2 Å². The van der Waals surface area contributed by atoms with Gasteiger partial charge in [0.05, 0.1) is 6.61 Å². The van der Waals surface area contributed by atoms with E-state index in [9.17, 15) is 24.3 Å². The maximum Gasteiger partial charge on any atom is 0.270 e. The monoisotopic (exact) mass is 417 g/mol. The molecule has 0 aromatic carbocycles. The van der Waals surface area contributed by atoms with E-state index in [-0.39, 0.29) is 34.3 Å². The summed E-state index contributed by atoms with van der Waals surface area (Å²) in [6.07, 6.45) is 0. The van der Waals surface area contributed by atoms with Crippen LogP contribution in [-0.2, 0) is 4.79 Å². The van der Waals surface area contributed by atoms with Crippen molar-refractivity contribution < 1.29 is 24.3 Å². The predicted octanol–water partition coefficient (Wildman–Crippen LogP) is 0.376. The molecule has 4 heterocycles. The number of amides is 2. The van der Waals surface area contributed by atoms with Crippen LogP contribution in [0.1, 0.15) is 42.9 Å². The number of ketones is 2. The van der Waals surface area contributed by atoms with Crippen LogP contribution in [0.5, 0.6) is 0 Å². The molecule has 0 unspecified atom stereocenters. The van der Waals surface area contributed by atoms with E-state index in [2.05, 4.69) is 25.6 Å². The van der Waals surface area contributed by atoms with Crippen LogP contribution in [0.4, 0.5) is 5.82 Å². The van der Waals surface area contributed by atoms with Crippen LogP contribution in [0.15, 0.2) is 54.6 Å². The molecule has 1 aliphatic heterocycles. The summed E-state index contributed by atoms with van der Waals surface area (Å²) in [5.41, 5.74) is -0.248. The average molecular weight is 417 g/mol. The van der Waals surface area contributed by atoms with E-state index in [0.29, 0.717) is 0 Å². The topological polar surface area (TPSA) is 151 Å². The van der Waals surface area contributed by atoms with Gasteiger partial charge in [-0.25, -0.2) is 15.0 Å². The lowest BCUT2D eigenvalue weighted by Gasteiger charge is -2.16. The normalized spacial score (nSPS) is 16.5. The number of carbonyl (C=O) groups is 4. The van der Waals surface area contributed by atoms with Crippen molar-refractivity contribution in [2.75, 3.05) is 11.9 Å². The molecule has 154 valence electrons. The minimum absolute atomic E-state index is 0.00769. The molecule has 0 saturated heterocycles. The molecule has 3 aromatic heterocycles. The number of fused-ring (bicyclic) bond motifs is 6. The van der Waals surface area contributed by atoms with Crippen LogP contribution in [0.2, 0.25) is 0 Å². The molecule has 1 atom stereocenters. The summed E-state index contributed by atoms with van der Waals surface area (Å²) >= 11 is 0. The summed E-state index contributed by atoms with van der Waals surface area (Å²) in [5.74, 6) is -2.59. The van der Waals surface area contributed by atoms with Crippen LogP contribution in [0.3, 0.4) is 0 Å². The lowest BCUT2D eigenvalue weighted by atomic mass is 10.1. The third kappa shape index (κ3) is 4.05. The summed E-state index contributed by atoms with van der Waals surface area (Å²) < 4.78 is 0. The van der Waals surface area contributed by atoms with E-state index in [0.717, 1.165) is 0 Å². The maximum atomic E-state index is 12.8. The fraction of sp³-hybridized carbons (Fsp3) is 0.0952. The number of hydrogen-bond acceptors (Lipinski definition) is 8. The molecule has 2 amide bonds. The third-order valence-electron chi connectivity index (χ3n) is 4.47. The van der Waals surface area contributed by atoms with Crippen molar-refractivity contribution in [1.29, 1.82) is 0 Å². The first-order chi connectivity index (χ1) is 15.0. The van der Waals surface area contributed by atoms with E-state index in [1.165, 1.54) is 54.6 Å². The van der Waals surface area contributed by atoms with Gasteiger partial charge < -0.3 is 15.7 Å². The summed E-state index contributed by atoms with van der Waals surface area (Å²) in [7, 11) is 0. The van der Waals surface area contributed by atoms with Crippen molar-refractivity contribution in [1.82, 2.24) is 20.3 Å². The number of aromatic nitrogens is 3. The van der Waals surface area contributed by atoms with Crippen LogP contribution in [0, 0.1) is 0 Å². The Hall–Kier alpha value is -4.31. The highest BCUT2D eigenvalue weighted by Gasteiger charge is 2.24. The summed E-state index contributed by atoms with van der Waals surface area (Å²) in [6.45, 7) is -0.691. The Bertz CT molecular complexity index is 1230. The molecule has 0 aliphatic carbocycles. The zero-order valence-corrected chi connectivity index (χ0v) is 15.9. The first-order valence-corrected chi connectivity index (χ1v) is 9.19. The van der Waals surface area contributed by atoms with Gasteiger partial charge in [0.15, 0.2) is 0 Å². The number of rotatable bonds is 1. The van der Waals surface area contributed by atoms with Gasteiger partial charge in [-0.3, -0.25) is 19.2 Å². The van der Waals surface area contributed by atoms with Gasteiger partial charge in [-0.2, -0.15) is 0 Å². The van der Waals surface area contributed by atoms with Crippen LogP contribution in [0.25, 0.3) is 0 Å². The molecule has 10 heteroatoms. The summed E-state index contributed by atoms with van der Waals surface area (Å²) in [6, 6.07) is 11.7. The molecule has 0 radical (unpaired) electrons. The third-order valence-corrected chi connectivity index (χ3v) is 4.47. The largest absolute Gasteiger partial charge is 0.394 e. The number of carbonyl (C=O) groups excluding carboxylic acids is 4. The van der Waals surface area contributed by atoms with Crippen molar-refractivity contribution in [3.05, 3.63) is 83.1 Å². The highest BCUT2D eigenvalue weighted by atomic mass is 16.3. The zero-order chi connectivity index (χ0) is 22.0. The summed E-state index contributed by atoms with van der Waals surface area (Å²) in [5, 5.41) is 14.4. The zero-order valence-electron chi connectivity index (χ0n) is 15.9. The van der Waals surface area contributed by atoms with Gasteiger partial charge in [0.1, 0.15) is 40.3 Å². The standard InChI is InChI=1S/C21H15N5O5/c27-10-16-21(31)26-17-9-3-7-14(24-17)19(29)12-5-1-4-11(22-12)18(28)13-6-2-8-15(23-13)20(30)25-16/h1-9,16,27H,10H2,(H,25,30)(H,24,26,31)/t16-/m0/s1. The second kappa shape index (κ2) is 8.20. The maximum absolute atomic E-state index is 12.8. The van der Waals surface area contributed by atoms with Crippen molar-refractivity contribution in [3.8, 4) is 0 Å². The Morgan fingerprint density at radius 2 is 1.19 bits per heavy atom. The van der Waals surface area contributed by atoms with Gasteiger partial charge in [-0.15, -0.1) is 0 Å². The average Bonchev–Trinajstić information content (AvgIpc) is 2.81. The number of anilines is 1. The molecule has 31 heavy (non-hydrogen) atoms. The smallest absolute Gasteiger partial charge is 0.270 e. The number of aliphatic hydroxyl groups is 1. The molecule has 6 bridgehead atoms. The van der Waals surface area contributed by atoms with E-state index >= 15 is 0 Å². The lowest BCUT2D eigenvalue weighted by molar-refractivity contribution is -0.118. The highest BCUT2D eigenvalue weighted by molar-refractivity contribution is 6.10. The van der Waals surface area contributed by atoms with Crippen molar-refractivity contribution >= 4 is 29.2 Å². The molecule has 0 fully saturated rings. The Balaban J connectivity index is 1.85. The van der Waals surface area contributed by atoms with Crippen LogP contribution < -0.4 is 10.6 Å². The Morgan fingerprint density at radius 3 is 1.77 bits per heavy atom. The highest BCUT2D eigenvalue weighted by Crippen LogP contribution is 2.13. The summed E-state index contributed by atoms with van der Waals surface area (Å²) in [4.78, 5) is 63.0. The van der Waals surface area contributed by atoms with Gasteiger partial charge in [0.25, 0.3) is 11.8 Å². The van der Waals surface area contributed by atoms with Gasteiger partial charge in [0.2, 0.25) is 11.6 Å². The molecule has 0 spiro atoms. The number of pyridine rings is 3. The Kier molecular flexibility index (Phi) is 5.29. The molecular weight excluding hydrogens is 402 g/mol. The quantitative estimate of drug-likeness (QED) is 0.514. The van der Waals surface area contributed by atoms with Gasteiger partial charge in [-0.05, 0) is 36.4 Å². The first-order valence-electron chi connectivity index (χ1n) is 9.19. The van der Waals surface area contributed by atoms with E-state index in [1.54, 1.807) is 0 Å². The first kappa shape index (κ1) is 20.0. The Morgan fingerprint density at radius 1 is 0.710 bits per heavy atom. The van der Waals surface area contributed by atoms with E-state index in [4.69, 9.17) is 0 Å². The molecule has 1 aliphatic rings. The minimum atomic E-state index is -1.31. The van der Waals surface area contributed by atoms with Crippen LogP contribution >= 0.6 is 0 Å². The van der Waals surface area contributed by atoms with Gasteiger partial charge >= 0.3 is 0 Å². The van der Waals surface area contributed by atoms with Crippen LogP contribution in [-0.4, -0.2) is 56.1 Å². The molecule has 0 saturated carbocycles. The van der Waals surface area contributed by atoms with E-state index < -0.39 is 36.0 Å². The second-order valence-electron chi connectivity index (χ2n) is 6.58. The molecule has 10 nitrogen and oxygen atoms in total. The number of nitrogens with zero attached hydrogens (tertiary/aromatic N) is 3. The predicted molar refractivity (Wildman–Crippen MR) is 107 cm³/mol.